The van der Waals surface area contributed by atoms with E-state index in [0.29, 0.717) is 9.75 Å². The number of alkyl halides is 6. The van der Waals surface area contributed by atoms with Gasteiger partial charge in [-0.2, -0.15) is 26.3 Å². The summed E-state index contributed by atoms with van der Waals surface area (Å²) in [5, 5.41) is 0. The average molecular weight is 1130 g/mol. The van der Waals surface area contributed by atoms with Crippen LogP contribution in [0.2, 0.25) is 0 Å². The molecule has 0 bridgehead atoms. The van der Waals surface area contributed by atoms with Crippen LogP contribution in [0.15, 0.2) is 12.1 Å². The Balaban J connectivity index is 1.31. The van der Waals surface area contributed by atoms with Gasteiger partial charge in [0.15, 0.2) is 0 Å². The Morgan fingerprint density at radius 2 is 0.597 bits per heavy atom. The Bertz CT molecular complexity index is 1760. The van der Waals surface area contributed by atoms with Crippen LogP contribution in [-0.2, 0) is 31.9 Å². The van der Waals surface area contributed by atoms with Gasteiger partial charge in [-0.1, -0.05) is 258 Å². The Morgan fingerprint density at radius 1 is 0.377 bits per heavy atom. The number of ether oxygens (including phenoxy) is 2. The molecule has 0 radical (unpaired) electrons. The maximum atomic E-state index is 15.8. The summed E-state index contributed by atoms with van der Waals surface area (Å²) >= 11 is 1.47. The zero-order valence-corrected chi connectivity index (χ0v) is 50.5. The number of hydrogen-bond donors (Lipinski definition) is 0. The second-order valence-corrected chi connectivity index (χ2v) is 25.1. The molecule has 0 saturated carbocycles. The van der Waals surface area contributed by atoms with Crippen LogP contribution in [-0.4, -0.2) is 42.9 Å². The molecular formula is C65H106F6O4S2. The number of unbranched alkanes of at least 4 members (excludes halogenated alkanes) is 38. The molecule has 0 N–H and O–H groups in total. The lowest BCUT2D eigenvalue weighted by Gasteiger charge is -2.25. The fraction of sp³-hybridized carbons (Fsp3) is 0.815. The van der Waals surface area contributed by atoms with Crippen LogP contribution in [0.4, 0.5) is 26.3 Å². The van der Waals surface area contributed by atoms with E-state index in [1.807, 2.05) is 0 Å². The number of halogens is 6. The second kappa shape index (κ2) is 40.8. The summed E-state index contributed by atoms with van der Waals surface area (Å²) in [4.78, 5) is 25.4. The molecule has 1 aliphatic rings. The Hall–Kier alpha value is -2.34. The van der Waals surface area contributed by atoms with E-state index >= 15 is 26.3 Å². The molecule has 2 heterocycles. The molecule has 77 heavy (non-hydrogen) atoms. The summed E-state index contributed by atoms with van der Waals surface area (Å²) in [6.07, 6.45) is 51.1. The van der Waals surface area contributed by atoms with Crippen LogP contribution < -0.4 is 0 Å². The molecule has 0 spiro atoms. The topological polar surface area (TPSA) is 52.6 Å². The lowest BCUT2D eigenvalue weighted by molar-refractivity contribution is -0.254. The van der Waals surface area contributed by atoms with Crippen LogP contribution in [0.25, 0.3) is 11.1 Å². The monoisotopic (exact) mass is 1130 g/mol. The van der Waals surface area contributed by atoms with Gasteiger partial charge in [0, 0.05) is 19.5 Å². The van der Waals surface area contributed by atoms with Crippen LogP contribution in [0.3, 0.4) is 0 Å². The van der Waals surface area contributed by atoms with Crippen molar-refractivity contribution in [1.82, 2.24) is 0 Å². The van der Waals surface area contributed by atoms with Crippen molar-refractivity contribution in [2.45, 2.75) is 328 Å². The highest BCUT2D eigenvalue weighted by Gasteiger charge is 2.80. The molecule has 444 valence electrons. The van der Waals surface area contributed by atoms with E-state index in [4.69, 9.17) is 9.47 Å². The van der Waals surface area contributed by atoms with Gasteiger partial charge in [0.2, 0.25) is 0 Å². The minimum absolute atomic E-state index is 0.0529. The highest BCUT2D eigenvalue weighted by Crippen LogP contribution is 2.66. The molecular weight excluding hydrogens is 1020 g/mol. The summed E-state index contributed by atoms with van der Waals surface area (Å²) in [6, 6.07) is 3.00. The van der Waals surface area contributed by atoms with E-state index in [1.54, 1.807) is 0 Å². The normalized spacial score (nSPS) is 14.8. The number of thiophene rings is 2. The van der Waals surface area contributed by atoms with Crippen LogP contribution >= 0.6 is 22.7 Å². The molecule has 1 aliphatic carbocycles. The predicted molar refractivity (Wildman–Crippen MR) is 314 cm³/mol. The second-order valence-electron chi connectivity index (χ2n) is 22.8. The maximum Gasteiger partial charge on any atom is 0.380 e. The Kier molecular flexibility index (Phi) is 36.5. The number of carbonyl (C=O) groups is 2. The van der Waals surface area contributed by atoms with E-state index < -0.39 is 40.9 Å². The third kappa shape index (κ3) is 26.4. The number of rotatable bonds is 50. The first-order chi connectivity index (χ1) is 37.2. The van der Waals surface area contributed by atoms with Crippen molar-refractivity contribution in [3.8, 4) is 0 Å². The summed E-state index contributed by atoms with van der Waals surface area (Å²) < 4.78 is 105. The summed E-state index contributed by atoms with van der Waals surface area (Å²) in [6.45, 7) is 7.96. The van der Waals surface area contributed by atoms with Crippen molar-refractivity contribution in [2.75, 3.05) is 13.2 Å². The van der Waals surface area contributed by atoms with Gasteiger partial charge in [-0.05, 0) is 62.8 Å². The van der Waals surface area contributed by atoms with E-state index in [1.165, 1.54) is 231 Å². The van der Waals surface area contributed by atoms with Crippen molar-refractivity contribution < 1.29 is 45.4 Å². The average Bonchev–Trinajstić information content (AvgIpc) is 4.08. The molecule has 0 saturated heterocycles. The molecule has 0 amide bonds. The number of hydrogen-bond acceptors (Lipinski definition) is 6. The summed E-state index contributed by atoms with van der Waals surface area (Å²) in [5.41, 5.74) is -2.45. The van der Waals surface area contributed by atoms with E-state index in [0.717, 1.165) is 74.0 Å². The molecule has 0 aromatic carbocycles. The smallest absolute Gasteiger partial charge is 0.380 e. The Labute approximate surface area is 472 Å². The third-order valence-corrected chi connectivity index (χ3v) is 18.4. The quantitative estimate of drug-likeness (QED) is 0.0376. The molecule has 2 aromatic rings. The first-order valence-corrected chi connectivity index (χ1v) is 33.2. The molecule has 0 fully saturated rings. The lowest BCUT2D eigenvalue weighted by Crippen LogP contribution is -2.48. The van der Waals surface area contributed by atoms with Crippen LogP contribution in [0.1, 0.15) is 314 Å². The number of allylic oxidation sites excluding steroid dienone is 2. The first kappa shape index (κ1) is 68.9. The summed E-state index contributed by atoms with van der Waals surface area (Å²) in [5.74, 6) is -16.9. The van der Waals surface area contributed by atoms with Crippen molar-refractivity contribution in [3.05, 3.63) is 42.8 Å². The highest BCUT2D eigenvalue weighted by molar-refractivity contribution is 7.14. The maximum absolute atomic E-state index is 15.8. The van der Waals surface area contributed by atoms with Crippen molar-refractivity contribution in [1.29, 1.82) is 0 Å². The van der Waals surface area contributed by atoms with E-state index in [2.05, 4.69) is 13.8 Å². The number of carbonyl (C=O) groups excluding carboxylic acids is 2. The number of esters is 2. The van der Waals surface area contributed by atoms with Gasteiger partial charge in [0.1, 0.15) is 0 Å². The SMILES string of the molecule is CCCCCCCCCCCCCCCCCCCCCCOC(=O)CCc1cc(C)c(C2=C(c3sc(CCC(=O)OCCCCCCCCCCCCCCCCCCCCCC)cc3C)C(F)(F)C(F)(F)C2(F)F)s1. The highest BCUT2D eigenvalue weighted by atomic mass is 32.1. The minimum atomic E-state index is -5.68. The van der Waals surface area contributed by atoms with Crippen molar-refractivity contribution in [3.63, 3.8) is 0 Å². The zero-order chi connectivity index (χ0) is 56.0. The fourth-order valence-corrected chi connectivity index (χ4v) is 13.4. The van der Waals surface area contributed by atoms with Crippen molar-refractivity contribution >= 4 is 45.8 Å². The van der Waals surface area contributed by atoms with E-state index in [9.17, 15) is 9.59 Å². The molecule has 3 rings (SSSR count). The Morgan fingerprint density at radius 3 is 0.831 bits per heavy atom. The van der Waals surface area contributed by atoms with E-state index in [-0.39, 0.29) is 59.8 Å². The largest absolute Gasteiger partial charge is 0.466 e. The van der Waals surface area contributed by atoms with Gasteiger partial charge in [-0.15, -0.1) is 22.7 Å². The first-order valence-electron chi connectivity index (χ1n) is 31.6. The van der Waals surface area contributed by atoms with Gasteiger partial charge < -0.3 is 9.47 Å². The fourth-order valence-electron chi connectivity index (χ4n) is 10.9. The molecule has 4 nitrogen and oxygen atoms in total. The summed E-state index contributed by atoms with van der Waals surface area (Å²) in [7, 11) is 0. The van der Waals surface area contributed by atoms with Crippen molar-refractivity contribution in [2.24, 2.45) is 0 Å². The van der Waals surface area contributed by atoms with Gasteiger partial charge >= 0.3 is 29.7 Å². The van der Waals surface area contributed by atoms with Crippen LogP contribution in [0, 0.1) is 13.8 Å². The molecule has 0 atom stereocenters. The van der Waals surface area contributed by atoms with Crippen LogP contribution in [0.5, 0.6) is 0 Å². The standard InChI is InChI=1S/C65H106F6O4S2/c1-5-7-9-11-13-15-17-19-21-23-25-27-29-31-33-35-37-39-41-43-49-74-57(72)47-45-55-51-53(3)61(76-55)59-60(64(68,69)65(70,71)63(59,66)67)62-54(4)52-56(77-62)46-48-58(73)75-50-44-42-40-38-36-34-32-30-28-26-24-22-20-18-16-14-12-10-8-6-2/h51-52H,5-50H2,1-4H3. The molecule has 0 unspecified atom stereocenters. The van der Waals surface area contributed by atoms with Gasteiger partial charge in [0.05, 0.1) is 37.2 Å². The van der Waals surface area contributed by atoms with Gasteiger partial charge in [-0.25, -0.2) is 0 Å². The van der Waals surface area contributed by atoms with Gasteiger partial charge in [0.25, 0.3) is 0 Å². The molecule has 0 aliphatic heterocycles. The third-order valence-electron chi connectivity index (χ3n) is 15.7. The van der Waals surface area contributed by atoms with Gasteiger partial charge in [-0.3, -0.25) is 9.59 Å². The molecule has 12 heteroatoms. The minimum Gasteiger partial charge on any atom is -0.466 e. The lowest BCUT2D eigenvalue weighted by atomic mass is 10.0. The zero-order valence-electron chi connectivity index (χ0n) is 48.9. The molecule has 2 aromatic heterocycles. The predicted octanol–water partition coefficient (Wildman–Crippen LogP) is 22.9. The number of aryl methyl sites for hydroxylation is 4.